The fourth-order valence-corrected chi connectivity index (χ4v) is 3.30. The average molecular weight is 328 g/mol. The van der Waals surface area contributed by atoms with E-state index in [1.807, 2.05) is 18.6 Å². The summed E-state index contributed by atoms with van der Waals surface area (Å²) in [6, 6.07) is 3.34. The van der Waals surface area contributed by atoms with E-state index in [4.69, 9.17) is 4.74 Å². The summed E-state index contributed by atoms with van der Waals surface area (Å²) in [5, 5.41) is 8.08. The fourth-order valence-electron chi connectivity index (χ4n) is 2.54. The molecule has 0 spiro atoms. The molecule has 0 aliphatic heterocycles. The molecule has 3 aromatic rings. The number of fused-ring (bicyclic) bond motifs is 1. The highest BCUT2D eigenvalue weighted by atomic mass is 28.3. The molecule has 23 heavy (non-hydrogen) atoms. The normalized spacial score (nSPS) is 12.2. The van der Waals surface area contributed by atoms with Gasteiger partial charge in [-0.25, -0.2) is 4.98 Å². The Labute approximate surface area is 137 Å². The van der Waals surface area contributed by atoms with Crippen LogP contribution in [0.2, 0.25) is 25.7 Å². The van der Waals surface area contributed by atoms with E-state index in [0.29, 0.717) is 6.73 Å². The van der Waals surface area contributed by atoms with Gasteiger partial charge in [-0.1, -0.05) is 19.6 Å². The van der Waals surface area contributed by atoms with Gasteiger partial charge in [0.25, 0.3) is 0 Å². The Bertz CT molecular complexity index is 787. The molecule has 1 N–H and O–H groups in total. The van der Waals surface area contributed by atoms with Crippen LogP contribution in [0.5, 0.6) is 0 Å². The third-order valence-corrected chi connectivity index (χ3v) is 5.59. The number of aryl methyl sites for hydroxylation is 1. The van der Waals surface area contributed by atoms with Crippen molar-refractivity contribution in [2.75, 3.05) is 6.61 Å². The molecule has 0 saturated heterocycles. The number of pyridine rings is 1. The summed E-state index contributed by atoms with van der Waals surface area (Å²) in [6.07, 6.45) is 7.76. The minimum Gasteiger partial charge on any atom is -0.361 e. The van der Waals surface area contributed by atoms with Gasteiger partial charge < -0.3 is 9.30 Å². The van der Waals surface area contributed by atoms with Crippen molar-refractivity contribution in [2.45, 2.75) is 39.3 Å². The largest absolute Gasteiger partial charge is 0.361 e. The van der Waals surface area contributed by atoms with Crippen LogP contribution < -0.4 is 0 Å². The molecule has 3 heterocycles. The zero-order valence-electron chi connectivity index (χ0n) is 14.3. The lowest BCUT2D eigenvalue weighted by molar-refractivity contribution is 0.0899. The number of aromatic amines is 1. The van der Waals surface area contributed by atoms with Gasteiger partial charge in [0.1, 0.15) is 12.4 Å². The van der Waals surface area contributed by atoms with Crippen molar-refractivity contribution < 1.29 is 4.74 Å². The van der Waals surface area contributed by atoms with Crippen molar-refractivity contribution in [1.82, 2.24) is 19.7 Å². The lowest BCUT2D eigenvalue weighted by atomic mass is 10.1. The minimum atomic E-state index is -1.06. The maximum Gasteiger partial charge on any atom is 0.142 e. The van der Waals surface area contributed by atoms with Crippen LogP contribution >= 0.6 is 0 Å². The first kappa shape index (κ1) is 16.0. The van der Waals surface area contributed by atoms with Crippen molar-refractivity contribution >= 4 is 19.1 Å². The molecule has 0 saturated carbocycles. The second-order valence-electron chi connectivity index (χ2n) is 7.23. The number of nitrogens with one attached hydrogen (secondary N) is 1. The molecule has 0 atom stereocenters. The predicted octanol–water partition coefficient (Wildman–Crippen LogP) is 4.05. The van der Waals surface area contributed by atoms with Gasteiger partial charge in [-0.2, -0.15) is 5.10 Å². The third-order valence-electron chi connectivity index (χ3n) is 3.89. The number of H-pyrrole nitrogens is 1. The van der Waals surface area contributed by atoms with E-state index in [1.165, 1.54) is 6.04 Å². The Morgan fingerprint density at radius 3 is 2.78 bits per heavy atom. The van der Waals surface area contributed by atoms with Gasteiger partial charge >= 0.3 is 0 Å². The lowest BCUT2D eigenvalue weighted by Gasteiger charge is -2.15. The molecule has 5 nitrogen and oxygen atoms in total. The van der Waals surface area contributed by atoms with Crippen LogP contribution in [0.25, 0.3) is 22.2 Å². The van der Waals surface area contributed by atoms with Gasteiger partial charge in [0.05, 0.1) is 6.20 Å². The standard InChI is InChI=1S/C17H24N4OSi/c1-13-7-15-16(14-9-19-20-10-14)11-21(17(15)18-8-13)12-22-5-6-23(2,3)4/h7-11H,5-6,12H2,1-4H3,(H,19,20). The Kier molecular flexibility index (Phi) is 4.36. The zero-order valence-corrected chi connectivity index (χ0v) is 15.3. The summed E-state index contributed by atoms with van der Waals surface area (Å²) in [7, 11) is -1.06. The smallest absolute Gasteiger partial charge is 0.142 e. The summed E-state index contributed by atoms with van der Waals surface area (Å²) < 4.78 is 7.98. The summed E-state index contributed by atoms with van der Waals surface area (Å²) in [5.41, 5.74) is 4.32. The minimum absolute atomic E-state index is 0.537. The summed E-state index contributed by atoms with van der Waals surface area (Å²) in [4.78, 5) is 4.60. The summed E-state index contributed by atoms with van der Waals surface area (Å²) >= 11 is 0. The van der Waals surface area contributed by atoms with E-state index in [9.17, 15) is 0 Å². The highest BCUT2D eigenvalue weighted by Crippen LogP contribution is 2.29. The Balaban J connectivity index is 1.86. The molecule has 122 valence electrons. The number of hydrogen-bond acceptors (Lipinski definition) is 3. The highest BCUT2D eigenvalue weighted by molar-refractivity contribution is 6.76. The lowest BCUT2D eigenvalue weighted by Crippen LogP contribution is -2.22. The summed E-state index contributed by atoms with van der Waals surface area (Å²) in [5.74, 6) is 0. The molecule has 0 radical (unpaired) electrons. The van der Waals surface area contributed by atoms with Crippen molar-refractivity contribution in [3.05, 3.63) is 36.4 Å². The van der Waals surface area contributed by atoms with Crippen molar-refractivity contribution in [2.24, 2.45) is 0 Å². The van der Waals surface area contributed by atoms with Gasteiger partial charge in [0.2, 0.25) is 0 Å². The Morgan fingerprint density at radius 2 is 2.09 bits per heavy atom. The fraction of sp³-hybridized carbons (Fsp3) is 0.412. The average Bonchev–Trinajstić information content (AvgIpc) is 3.09. The molecule has 0 aromatic carbocycles. The van der Waals surface area contributed by atoms with E-state index >= 15 is 0 Å². The second-order valence-corrected chi connectivity index (χ2v) is 12.9. The third kappa shape index (κ3) is 3.71. The van der Waals surface area contributed by atoms with Crippen molar-refractivity contribution in [3.63, 3.8) is 0 Å². The maximum absolute atomic E-state index is 5.90. The van der Waals surface area contributed by atoms with Crippen LogP contribution in [-0.4, -0.2) is 34.4 Å². The number of rotatable bonds is 6. The predicted molar refractivity (Wildman–Crippen MR) is 96.2 cm³/mol. The highest BCUT2D eigenvalue weighted by Gasteiger charge is 2.14. The first-order chi connectivity index (χ1) is 10.9. The topological polar surface area (TPSA) is 55.7 Å². The number of hydrogen-bond donors (Lipinski definition) is 1. The van der Waals surface area contributed by atoms with Crippen LogP contribution in [0.15, 0.2) is 30.9 Å². The summed E-state index contributed by atoms with van der Waals surface area (Å²) in [6.45, 7) is 10.5. The molecule has 0 amide bonds. The number of aromatic nitrogens is 4. The van der Waals surface area contributed by atoms with E-state index in [-0.39, 0.29) is 0 Å². The molecule has 0 unspecified atom stereocenters. The van der Waals surface area contributed by atoms with Crippen LogP contribution in [0.3, 0.4) is 0 Å². The zero-order chi connectivity index (χ0) is 16.4. The van der Waals surface area contributed by atoms with Gasteiger partial charge in [-0.3, -0.25) is 5.10 Å². The van der Waals surface area contributed by atoms with Gasteiger partial charge in [0.15, 0.2) is 0 Å². The van der Waals surface area contributed by atoms with Crippen molar-refractivity contribution in [3.8, 4) is 11.1 Å². The van der Waals surface area contributed by atoms with Crippen LogP contribution in [-0.2, 0) is 11.5 Å². The molecular weight excluding hydrogens is 304 g/mol. The Morgan fingerprint density at radius 1 is 1.26 bits per heavy atom. The van der Waals surface area contributed by atoms with Crippen LogP contribution in [0, 0.1) is 6.92 Å². The van der Waals surface area contributed by atoms with E-state index in [2.05, 4.69) is 58.6 Å². The van der Waals surface area contributed by atoms with Gasteiger partial charge in [-0.15, -0.1) is 0 Å². The molecule has 0 aliphatic rings. The molecule has 0 bridgehead atoms. The number of nitrogens with zero attached hydrogens (tertiary/aromatic N) is 3. The number of ether oxygens (including phenoxy) is 1. The van der Waals surface area contributed by atoms with Crippen LogP contribution in [0.4, 0.5) is 0 Å². The molecule has 3 rings (SSSR count). The van der Waals surface area contributed by atoms with Gasteiger partial charge in [0, 0.05) is 49.8 Å². The quantitative estimate of drug-likeness (QED) is 0.548. The molecular formula is C17H24N4OSi. The Hall–Kier alpha value is -1.92. The molecule has 0 aliphatic carbocycles. The molecule has 3 aromatic heterocycles. The van der Waals surface area contributed by atoms with E-state index in [0.717, 1.165) is 34.3 Å². The first-order valence-corrected chi connectivity index (χ1v) is 11.7. The first-order valence-electron chi connectivity index (χ1n) is 7.96. The van der Waals surface area contributed by atoms with Crippen LogP contribution in [0.1, 0.15) is 5.56 Å². The monoisotopic (exact) mass is 328 g/mol. The van der Waals surface area contributed by atoms with E-state index < -0.39 is 8.07 Å². The second kappa shape index (κ2) is 6.29. The van der Waals surface area contributed by atoms with E-state index in [1.54, 1.807) is 0 Å². The molecule has 6 heteroatoms. The SMILES string of the molecule is Cc1cnc2c(c1)c(-c1cn[nH]c1)cn2COCC[Si](C)(C)C. The maximum atomic E-state index is 5.90. The van der Waals surface area contributed by atoms with Gasteiger partial charge in [-0.05, 0) is 24.6 Å². The van der Waals surface area contributed by atoms with Crippen molar-refractivity contribution in [1.29, 1.82) is 0 Å². The molecule has 0 fully saturated rings.